The molecule has 7 heteroatoms. The maximum absolute atomic E-state index is 13.6. The summed E-state index contributed by atoms with van der Waals surface area (Å²) in [7, 11) is -3.82. The lowest BCUT2D eigenvalue weighted by atomic mass is 10.00. The van der Waals surface area contributed by atoms with Crippen molar-refractivity contribution in [2.75, 3.05) is 13.1 Å². The van der Waals surface area contributed by atoms with Gasteiger partial charge in [-0.05, 0) is 48.9 Å². The van der Waals surface area contributed by atoms with Gasteiger partial charge in [0.2, 0.25) is 0 Å². The van der Waals surface area contributed by atoms with E-state index in [-0.39, 0.29) is 4.90 Å². The number of pyridine rings is 1. The van der Waals surface area contributed by atoms with Gasteiger partial charge in [0.15, 0.2) is 0 Å². The first-order valence-corrected chi connectivity index (χ1v) is 11.2. The minimum absolute atomic E-state index is 0.200. The summed E-state index contributed by atoms with van der Waals surface area (Å²) in [5.74, 6) is 0. The van der Waals surface area contributed by atoms with Crippen LogP contribution in [-0.4, -0.2) is 30.5 Å². The van der Waals surface area contributed by atoms with Crippen LogP contribution in [0.15, 0.2) is 71.9 Å². The molecule has 0 aliphatic carbocycles. The molecule has 3 heterocycles. The molecule has 0 amide bonds. The molecule has 1 aliphatic rings. The summed E-state index contributed by atoms with van der Waals surface area (Å²) in [5, 5.41) is 5.57. The van der Waals surface area contributed by atoms with Crippen molar-refractivity contribution in [3.63, 3.8) is 0 Å². The lowest BCUT2D eigenvalue weighted by Crippen LogP contribution is -2.20. The van der Waals surface area contributed by atoms with Crippen LogP contribution in [0.4, 0.5) is 0 Å². The van der Waals surface area contributed by atoms with Crippen LogP contribution in [0.25, 0.3) is 27.4 Å². The van der Waals surface area contributed by atoms with Crippen LogP contribution >= 0.6 is 11.6 Å². The Morgan fingerprint density at radius 1 is 1.10 bits per heavy atom. The van der Waals surface area contributed by atoms with Gasteiger partial charge in [0, 0.05) is 40.3 Å². The maximum Gasteiger partial charge on any atom is 0.268 e. The minimum atomic E-state index is -3.82. The molecule has 2 aromatic carbocycles. The summed E-state index contributed by atoms with van der Waals surface area (Å²) in [6, 6.07) is 14.2. The van der Waals surface area contributed by atoms with Crippen molar-refractivity contribution in [2.45, 2.75) is 11.3 Å². The van der Waals surface area contributed by atoms with E-state index >= 15 is 0 Å². The first-order chi connectivity index (χ1) is 14.0. The number of benzene rings is 2. The lowest BCUT2D eigenvalue weighted by molar-refractivity contribution is 0.589. The van der Waals surface area contributed by atoms with Gasteiger partial charge in [-0.2, -0.15) is 0 Å². The van der Waals surface area contributed by atoms with Gasteiger partial charge in [-0.1, -0.05) is 35.9 Å². The largest absolute Gasteiger partial charge is 0.313 e. The SMILES string of the molecule is O=S(=O)(c1ccc2cccnc2c1)n1cc(C2=CCNCC2)c2ccc(Cl)cc21. The maximum atomic E-state index is 13.6. The zero-order valence-electron chi connectivity index (χ0n) is 15.5. The van der Waals surface area contributed by atoms with Crippen molar-refractivity contribution < 1.29 is 8.42 Å². The summed E-state index contributed by atoms with van der Waals surface area (Å²) in [6.07, 6.45) is 6.34. The number of aromatic nitrogens is 2. The average Bonchev–Trinajstić information content (AvgIpc) is 3.13. The summed E-state index contributed by atoms with van der Waals surface area (Å²) < 4.78 is 28.5. The summed E-state index contributed by atoms with van der Waals surface area (Å²) in [5.41, 5.74) is 3.29. The van der Waals surface area contributed by atoms with Gasteiger partial charge in [-0.25, -0.2) is 12.4 Å². The topological polar surface area (TPSA) is 64.0 Å². The number of nitrogens with zero attached hydrogens (tertiary/aromatic N) is 2. The highest BCUT2D eigenvalue weighted by atomic mass is 35.5. The third-order valence-corrected chi connectivity index (χ3v) is 7.18. The number of halogens is 1. The van der Waals surface area contributed by atoms with E-state index in [0.717, 1.165) is 41.4 Å². The van der Waals surface area contributed by atoms with Crippen molar-refractivity contribution in [2.24, 2.45) is 0 Å². The first-order valence-electron chi connectivity index (χ1n) is 9.35. The summed E-state index contributed by atoms with van der Waals surface area (Å²) >= 11 is 6.22. The van der Waals surface area contributed by atoms with Crippen molar-refractivity contribution in [3.8, 4) is 0 Å². The Labute approximate surface area is 173 Å². The first kappa shape index (κ1) is 18.4. The Kier molecular flexibility index (Phi) is 4.42. The molecule has 2 aromatic heterocycles. The Morgan fingerprint density at radius 2 is 2.00 bits per heavy atom. The van der Waals surface area contributed by atoms with E-state index in [1.165, 1.54) is 3.97 Å². The molecule has 146 valence electrons. The molecule has 0 spiro atoms. The number of rotatable bonds is 3. The Hall–Kier alpha value is -2.67. The Bertz CT molecular complexity index is 1390. The Morgan fingerprint density at radius 3 is 2.83 bits per heavy atom. The molecular formula is C22H18ClN3O2S. The van der Waals surface area contributed by atoms with Crippen LogP contribution in [0.3, 0.4) is 0 Å². The van der Waals surface area contributed by atoms with E-state index in [9.17, 15) is 8.42 Å². The highest BCUT2D eigenvalue weighted by Gasteiger charge is 2.23. The summed E-state index contributed by atoms with van der Waals surface area (Å²) in [4.78, 5) is 4.49. The van der Waals surface area contributed by atoms with Crippen molar-refractivity contribution in [1.82, 2.24) is 14.3 Å². The molecule has 0 saturated heterocycles. The molecule has 0 fully saturated rings. The van der Waals surface area contributed by atoms with E-state index < -0.39 is 10.0 Å². The third-order valence-electron chi connectivity index (χ3n) is 5.28. The summed E-state index contributed by atoms with van der Waals surface area (Å²) in [6.45, 7) is 1.65. The standard InChI is InChI=1S/C22H18ClN3O2S/c23-17-4-6-19-20(15-7-10-24-11-8-15)14-26(22(19)12-17)29(27,28)18-5-3-16-2-1-9-25-21(16)13-18/h1-7,9,12-14,24H,8,10-11H2. The fourth-order valence-corrected chi connectivity index (χ4v) is 5.36. The fraction of sp³-hybridized carbons (Fsp3) is 0.136. The van der Waals surface area contributed by atoms with Gasteiger partial charge in [0.05, 0.1) is 15.9 Å². The van der Waals surface area contributed by atoms with Gasteiger partial charge >= 0.3 is 0 Å². The van der Waals surface area contributed by atoms with Gasteiger partial charge in [-0.15, -0.1) is 0 Å². The molecule has 0 radical (unpaired) electrons. The van der Waals surface area contributed by atoms with Gasteiger partial charge in [0.1, 0.15) is 0 Å². The van der Waals surface area contributed by atoms with Crippen molar-refractivity contribution in [1.29, 1.82) is 0 Å². The molecule has 4 aromatic rings. The van der Waals surface area contributed by atoms with E-state index in [1.807, 2.05) is 18.2 Å². The van der Waals surface area contributed by atoms with Crippen molar-refractivity contribution in [3.05, 3.63) is 77.6 Å². The number of hydrogen-bond acceptors (Lipinski definition) is 4. The second-order valence-electron chi connectivity index (χ2n) is 7.05. The number of fused-ring (bicyclic) bond motifs is 2. The van der Waals surface area contributed by atoms with Gasteiger partial charge in [0.25, 0.3) is 10.0 Å². The second-order valence-corrected chi connectivity index (χ2v) is 9.30. The fourth-order valence-electron chi connectivity index (χ4n) is 3.81. The van der Waals surface area contributed by atoms with Gasteiger partial charge in [-0.3, -0.25) is 4.98 Å². The zero-order chi connectivity index (χ0) is 20.0. The molecule has 0 atom stereocenters. The molecule has 1 aliphatic heterocycles. The quantitative estimate of drug-likeness (QED) is 0.528. The smallest absolute Gasteiger partial charge is 0.268 e. The monoisotopic (exact) mass is 423 g/mol. The van der Waals surface area contributed by atoms with Crippen LogP contribution in [0.2, 0.25) is 5.02 Å². The molecule has 0 bridgehead atoms. The second kappa shape index (κ2) is 6.99. The molecule has 1 N–H and O–H groups in total. The highest BCUT2D eigenvalue weighted by Crippen LogP contribution is 2.34. The normalized spacial score (nSPS) is 15.0. The molecule has 29 heavy (non-hydrogen) atoms. The van der Waals surface area contributed by atoms with E-state index in [4.69, 9.17) is 11.6 Å². The van der Waals surface area contributed by atoms with Crippen LogP contribution in [0.5, 0.6) is 0 Å². The van der Waals surface area contributed by atoms with E-state index in [1.54, 1.807) is 42.7 Å². The molecular weight excluding hydrogens is 406 g/mol. The predicted molar refractivity (Wildman–Crippen MR) is 117 cm³/mol. The third kappa shape index (κ3) is 3.13. The molecule has 0 unspecified atom stereocenters. The van der Waals surface area contributed by atoms with Crippen LogP contribution in [0.1, 0.15) is 12.0 Å². The Balaban J connectivity index is 1.74. The van der Waals surface area contributed by atoms with Crippen LogP contribution in [0, 0.1) is 0 Å². The van der Waals surface area contributed by atoms with E-state index in [2.05, 4.69) is 16.4 Å². The van der Waals surface area contributed by atoms with Crippen LogP contribution < -0.4 is 5.32 Å². The number of hydrogen-bond donors (Lipinski definition) is 1. The molecule has 5 rings (SSSR count). The number of nitrogens with one attached hydrogen (secondary N) is 1. The predicted octanol–water partition coefficient (Wildman–Crippen LogP) is 4.46. The molecule has 0 saturated carbocycles. The average molecular weight is 424 g/mol. The highest BCUT2D eigenvalue weighted by molar-refractivity contribution is 7.90. The van der Waals surface area contributed by atoms with E-state index in [0.29, 0.717) is 16.1 Å². The lowest BCUT2D eigenvalue weighted by Gasteiger charge is -2.13. The van der Waals surface area contributed by atoms with Gasteiger partial charge < -0.3 is 5.32 Å². The van der Waals surface area contributed by atoms with Crippen LogP contribution in [-0.2, 0) is 10.0 Å². The minimum Gasteiger partial charge on any atom is -0.313 e. The molecule has 5 nitrogen and oxygen atoms in total. The van der Waals surface area contributed by atoms with Crippen molar-refractivity contribution >= 4 is 49.0 Å². The zero-order valence-corrected chi connectivity index (χ0v) is 17.0.